The van der Waals surface area contributed by atoms with Crippen molar-refractivity contribution in [3.63, 3.8) is 0 Å². The Kier molecular flexibility index (Phi) is 5.08. The van der Waals surface area contributed by atoms with Gasteiger partial charge in [0.05, 0.1) is 6.10 Å². The van der Waals surface area contributed by atoms with Gasteiger partial charge in [-0.05, 0) is 13.3 Å². The highest BCUT2D eigenvalue weighted by molar-refractivity contribution is 6.04. The van der Waals surface area contributed by atoms with E-state index in [2.05, 4.69) is 0 Å². The Morgan fingerprint density at radius 1 is 1.29 bits per heavy atom. The molecule has 98 valence electrons. The predicted molar refractivity (Wildman–Crippen MR) is 64.1 cm³/mol. The van der Waals surface area contributed by atoms with E-state index in [1.54, 1.807) is 13.8 Å². The van der Waals surface area contributed by atoms with Gasteiger partial charge in [-0.25, -0.2) is 0 Å². The van der Waals surface area contributed by atoms with Crippen molar-refractivity contribution in [3.8, 4) is 0 Å². The Morgan fingerprint density at radius 3 is 2.24 bits per heavy atom. The molecule has 0 aliphatic carbocycles. The lowest BCUT2D eigenvalue weighted by Crippen LogP contribution is -2.35. The van der Waals surface area contributed by atoms with Gasteiger partial charge in [-0.3, -0.25) is 14.5 Å². The van der Waals surface area contributed by atoms with Crippen LogP contribution in [0.1, 0.15) is 27.2 Å². The first-order chi connectivity index (χ1) is 8.02. The lowest BCUT2D eigenvalue weighted by molar-refractivity contribution is -0.140. The summed E-state index contributed by atoms with van der Waals surface area (Å²) in [5.41, 5.74) is 5.55. The molecule has 3 unspecified atom stereocenters. The number of amides is 2. The summed E-state index contributed by atoms with van der Waals surface area (Å²) >= 11 is 0. The molecule has 2 amide bonds. The fourth-order valence-corrected chi connectivity index (χ4v) is 2.03. The van der Waals surface area contributed by atoms with Crippen molar-refractivity contribution in [2.45, 2.75) is 33.3 Å². The van der Waals surface area contributed by atoms with E-state index >= 15 is 0 Å². The van der Waals surface area contributed by atoms with Gasteiger partial charge < -0.3 is 10.5 Å². The van der Waals surface area contributed by atoms with Crippen LogP contribution in [0, 0.1) is 11.8 Å². The first kappa shape index (κ1) is 14.1. The second kappa shape index (κ2) is 6.12. The molecule has 3 atom stereocenters. The average molecular weight is 242 g/mol. The zero-order valence-electron chi connectivity index (χ0n) is 10.8. The Labute approximate surface area is 102 Å². The van der Waals surface area contributed by atoms with Gasteiger partial charge in [0, 0.05) is 31.5 Å². The molecule has 0 aromatic carbocycles. The second-order valence-electron chi connectivity index (χ2n) is 4.51. The summed E-state index contributed by atoms with van der Waals surface area (Å²) in [7, 11) is 0. The SMILES string of the molecule is CCOC(CN)CCN1C(=O)C(C)C(C)C1=O. The minimum absolute atomic E-state index is 0.0743. The minimum Gasteiger partial charge on any atom is -0.377 e. The Hall–Kier alpha value is -0.940. The number of likely N-dealkylation sites (tertiary alicyclic amines) is 1. The van der Waals surface area contributed by atoms with E-state index < -0.39 is 0 Å². The van der Waals surface area contributed by atoms with E-state index in [1.165, 1.54) is 4.90 Å². The fourth-order valence-electron chi connectivity index (χ4n) is 2.03. The third kappa shape index (κ3) is 3.04. The van der Waals surface area contributed by atoms with Crippen molar-refractivity contribution in [1.29, 1.82) is 0 Å². The van der Waals surface area contributed by atoms with E-state index in [9.17, 15) is 9.59 Å². The van der Waals surface area contributed by atoms with E-state index in [0.29, 0.717) is 26.1 Å². The van der Waals surface area contributed by atoms with Crippen LogP contribution < -0.4 is 5.73 Å². The molecule has 0 radical (unpaired) electrons. The van der Waals surface area contributed by atoms with Crippen LogP contribution in [0.2, 0.25) is 0 Å². The molecule has 5 heteroatoms. The molecule has 2 N–H and O–H groups in total. The largest absolute Gasteiger partial charge is 0.377 e. The summed E-state index contributed by atoms with van der Waals surface area (Å²) < 4.78 is 5.40. The zero-order valence-corrected chi connectivity index (χ0v) is 10.8. The normalized spacial score (nSPS) is 26.7. The Balaban J connectivity index is 2.52. The summed E-state index contributed by atoms with van der Waals surface area (Å²) in [4.78, 5) is 25.0. The number of ether oxygens (including phenoxy) is 1. The van der Waals surface area contributed by atoms with Gasteiger partial charge in [0.25, 0.3) is 0 Å². The minimum atomic E-state index is -0.203. The van der Waals surface area contributed by atoms with Crippen LogP contribution in [0.5, 0.6) is 0 Å². The predicted octanol–water partition coefficient (Wildman–Crippen LogP) is 0.381. The van der Waals surface area contributed by atoms with Crippen LogP contribution in [0.25, 0.3) is 0 Å². The van der Waals surface area contributed by atoms with Gasteiger partial charge >= 0.3 is 0 Å². The van der Waals surface area contributed by atoms with Gasteiger partial charge in [-0.1, -0.05) is 13.8 Å². The van der Waals surface area contributed by atoms with Crippen molar-refractivity contribution >= 4 is 11.8 Å². The number of nitrogens with zero attached hydrogens (tertiary/aromatic N) is 1. The summed E-state index contributed by atoms with van der Waals surface area (Å²) in [5.74, 6) is -0.554. The lowest BCUT2D eigenvalue weighted by atomic mass is 10.00. The maximum Gasteiger partial charge on any atom is 0.232 e. The van der Waals surface area contributed by atoms with Crippen LogP contribution in [0.4, 0.5) is 0 Å². The van der Waals surface area contributed by atoms with E-state index in [0.717, 1.165) is 0 Å². The zero-order chi connectivity index (χ0) is 13.0. The van der Waals surface area contributed by atoms with Crippen molar-refractivity contribution in [2.24, 2.45) is 17.6 Å². The van der Waals surface area contributed by atoms with Crippen LogP contribution >= 0.6 is 0 Å². The number of nitrogens with two attached hydrogens (primary N) is 1. The molecule has 1 heterocycles. The molecular weight excluding hydrogens is 220 g/mol. The van der Waals surface area contributed by atoms with Crippen LogP contribution in [0.3, 0.4) is 0 Å². The molecule has 0 spiro atoms. The third-order valence-electron chi connectivity index (χ3n) is 3.40. The summed E-state index contributed by atoms with van der Waals surface area (Å²) in [5, 5.41) is 0. The molecule has 1 rings (SSSR count). The van der Waals surface area contributed by atoms with Crippen molar-refractivity contribution in [2.75, 3.05) is 19.7 Å². The van der Waals surface area contributed by atoms with Crippen LogP contribution in [-0.2, 0) is 14.3 Å². The second-order valence-corrected chi connectivity index (χ2v) is 4.51. The van der Waals surface area contributed by atoms with E-state index in [4.69, 9.17) is 10.5 Å². The van der Waals surface area contributed by atoms with Gasteiger partial charge in [-0.15, -0.1) is 0 Å². The highest BCUT2D eigenvalue weighted by Gasteiger charge is 2.41. The Morgan fingerprint density at radius 2 is 1.82 bits per heavy atom. The summed E-state index contributed by atoms with van der Waals surface area (Å²) in [6.07, 6.45) is 0.535. The number of hydrogen-bond donors (Lipinski definition) is 1. The number of carbonyl (C=O) groups is 2. The molecule has 1 aliphatic heterocycles. The monoisotopic (exact) mass is 242 g/mol. The summed E-state index contributed by atoms with van der Waals surface area (Å²) in [6.45, 7) is 6.92. The van der Waals surface area contributed by atoms with E-state index in [1.807, 2.05) is 6.92 Å². The number of imide groups is 1. The van der Waals surface area contributed by atoms with Crippen molar-refractivity contribution < 1.29 is 14.3 Å². The number of hydrogen-bond acceptors (Lipinski definition) is 4. The highest BCUT2D eigenvalue weighted by atomic mass is 16.5. The van der Waals surface area contributed by atoms with E-state index in [-0.39, 0.29) is 29.8 Å². The highest BCUT2D eigenvalue weighted by Crippen LogP contribution is 2.25. The van der Waals surface area contributed by atoms with Gasteiger partial charge in [0.1, 0.15) is 0 Å². The Bertz CT molecular complexity index is 273. The molecule has 0 aromatic heterocycles. The molecule has 5 nitrogen and oxygen atoms in total. The number of rotatable bonds is 6. The fraction of sp³-hybridized carbons (Fsp3) is 0.833. The van der Waals surface area contributed by atoms with Crippen molar-refractivity contribution in [3.05, 3.63) is 0 Å². The molecule has 0 saturated carbocycles. The molecular formula is C12H22N2O3. The summed E-state index contributed by atoms with van der Waals surface area (Å²) in [6, 6.07) is 0. The lowest BCUT2D eigenvalue weighted by Gasteiger charge is -2.19. The first-order valence-corrected chi connectivity index (χ1v) is 6.19. The quantitative estimate of drug-likeness (QED) is 0.683. The van der Waals surface area contributed by atoms with Crippen molar-refractivity contribution in [1.82, 2.24) is 4.90 Å². The maximum atomic E-state index is 11.8. The average Bonchev–Trinajstić information content (AvgIpc) is 2.51. The number of carbonyl (C=O) groups excluding carboxylic acids is 2. The molecule has 0 aromatic rings. The smallest absolute Gasteiger partial charge is 0.232 e. The first-order valence-electron chi connectivity index (χ1n) is 6.19. The molecule has 17 heavy (non-hydrogen) atoms. The van der Waals surface area contributed by atoms with Gasteiger partial charge in [0.15, 0.2) is 0 Å². The van der Waals surface area contributed by atoms with Crippen LogP contribution in [-0.4, -0.2) is 42.5 Å². The standard InChI is InChI=1S/C12H22N2O3/c1-4-17-10(7-13)5-6-14-11(15)8(2)9(3)12(14)16/h8-10H,4-7,13H2,1-3H3. The molecule has 0 bridgehead atoms. The van der Waals surface area contributed by atoms with Gasteiger partial charge in [0.2, 0.25) is 11.8 Å². The topological polar surface area (TPSA) is 72.6 Å². The van der Waals surface area contributed by atoms with Gasteiger partial charge in [-0.2, -0.15) is 0 Å². The molecule has 1 aliphatic rings. The molecule has 1 fully saturated rings. The maximum absolute atomic E-state index is 11.8. The van der Waals surface area contributed by atoms with Crippen LogP contribution in [0.15, 0.2) is 0 Å². The third-order valence-corrected chi connectivity index (χ3v) is 3.40. The molecule has 1 saturated heterocycles.